The minimum absolute atomic E-state index is 0.515. The first kappa shape index (κ1) is 17.5. The van der Waals surface area contributed by atoms with Crippen molar-refractivity contribution in [3.8, 4) is 0 Å². The normalized spacial score (nSPS) is 23.9. The number of likely N-dealkylation sites (tertiary alicyclic amines) is 1. The summed E-state index contributed by atoms with van der Waals surface area (Å²) in [5, 5.41) is 9.30. The standard InChI is InChI=1S/C17H33NO2/c1-3-4-5-6-7-8-9-10-13-18-14-11-12-17(2,15-18)16(19)20/h3-15H2,1-2H3,(H,19,20). The summed E-state index contributed by atoms with van der Waals surface area (Å²) in [5.74, 6) is -0.627. The van der Waals surface area contributed by atoms with Crippen LogP contribution in [0.4, 0.5) is 0 Å². The highest BCUT2D eigenvalue weighted by Gasteiger charge is 2.37. The quantitative estimate of drug-likeness (QED) is 0.607. The summed E-state index contributed by atoms with van der Waals surface area (Å²) in [6.45, 7) is 7.05. The fourth-order valence-corrected chi connectivity index (χ4v) is 3.18. The van der Waals surface area contributed by atoms with Crippen LogP contribution in [0.1, 0.15) is 78.1 Å². The maximum Gasteiger partial charge on any atom is 0.310 e. The summed E-state index contributed by atoms with van der Waals surface area (Å²) in [5.41, 5.74) is -0.515. The lowest BCUT2D eigenvalue weighted by Crippen LogP contribution is -2.46. The summed E-state index contributed by atoms with van der Waals surface area (Å²) in [7, 11) is 0. The molecule has 1 N–H and O–H groups in total. The molecule has 1 rings (SSSR count). The Bertz CT molecular complexity index is 280. The Morgan fingerprint density at radius 1 is 1.10 bits per heavy atom. The molecule has 3 heteroatoms. The number of aliphatic carboxylic acids is 1. The fraction of sp³-hybridized carbons (Fsp3) is 0.941. The second-order valence-corrected chi connectivity index (χ2v) is 6.72. The summed E-state index contributed by atoms with van der Waals surface area (Å²) in [6.07, 6.45) is 12.6. The smallest absolute Gasteiger partial charge is 0.310 e. The molecule has 0 aromatic rings. The van der Waals surface area contributed by atoms with Gasteiger partial charge < -0.3 is 10.0 Å². The molecule has 1 saturated heterocycles. The first-order valence-corrected chi connectivity index (χ1v) is 8.54. The Morgan fingerprint density at radius 3 is 2.30 bits per heavy atom. The number of nitrogens with zero attached hydrogens (tertiary/aromatic N) is 1. The van der Waals surface area contributed by atoms with Gasteiger partial charge in [-0.15, -0.1) is 0 Å². The van der Waals surface area contributed by atoms with Crippen LogP contribution in [0.3, 0.4) is 0 Å². The van der Waals surface area contributed by atoms with Crippen LogP contribution in [0.15, 0.2) is 0 Å². The van der Waals surface area contributed by atoms with Gasteiger partial charge in [-0.1, -0.05) is 51.9 Å². The topological polar surface area (TPSA) is 40.5 Å². The number of carbonyl (C=O) groups is 1. The van der Waals surface area contributed by atoms with Crippen molar-refractivity contribution in [2.45, 2.75) is 78.1 Å². The Morgan fingerprint density at radius 2 is 1.70 bits per heavy atom. The van der Waals surface area contributed by atoms with Crippen molar-refractivity contribution >= 4 is 5.97 Å². The van der Waals surface area contributed by atoms with Crippen LogP contribution in [-0.2, 0) is 4.79 Å². The predicted octanol–water partition coefficient (Wildman–Crippen LogP) is 4.31. The molecule has 1 heterocycles. The number of rotatable bonds is 10. The number of piperidine rings is 1. The second kappa shape index (κ2) is 9.38. The number of hydrogen-bond acceptors (Lipinski definition) is 2. The molecular formula is C17H33NO2. The van der Waals surface area contributed by atoms with Gasteiger partial charge in [-0.05, 0) is 39.3 Å². The van der Waals surface area contributed by atoms with E-state index in [2.05, 4.69) is 11.8 Å². The summed E-state index contributed by atoms with van der Waals surface area (Å²) < 4.78 is 0. The third kappa shape index (κ3) is 6.25. The lowest BCUT2D eigenvalue weighted by molar-refractivity contribution is -0.151. The first-order chi connectivity index (χ1) is 9.58. The van der Waals surface area contributed by atoms with Crippen LogP contribution < -0.4 is 0 Å². The average Bonchev–Trinajstić information content (AvgIpc) is 2.42. The summed E-state index contributed by atoms with van der Waals surface area (Å²) in [6, 6.07) is 0. The summed E-state index contributed by atoms with van der Waals surface area (Å²) >= 11 is 0. The molecule has 1 aliphatic rings. The van der Waals surface area contributed by atoms with Gasteiger partial charge in [0.25, 0.3) is 0 Å². The van der Waals surface area contributed by atoms with E-state index in [1.165, 1.54) is 51.4 Å². The third-order valence-corrected chi connectivity index (χ3v) is 4.62. The Balaban J connectivity index is 2.06. The predicted molar refractivity (Wildman–Crippen MR) is 84.0 cm³/mol. The van der Waals surface area contributed by atoms with E-state index >= 15 is 0 Å². The average molecular weight is 283 g/mol. The van der Waals surface area contributed by atoms with Gasteiger partial charge in [0.05, 0.1) is 5.41 Å². The van der Waals surface area contributed by atoms with Crippen LogP contribution in [-0.4, -0.2) is 35.6 Å². The molecule has 0 bridgehead atoms. The third-order valence-electron chi connectivity index (χ3n) is 4.62. The molecule has 0 spiro atoms. The van der Waals surface area contributed by atoms with E-state index < -0.39 is 11.4 Å². The van der Waals surface area contributed by atoms with E-state index in [4.69, 9.17) is 0 Å². The van der Waals surface area contributed by atoms with Crippen LogP contribution >= 0.6 is 0 Å². The highest BCUT2D eigenvalue weighted by atomic mass is 16.4. The monoisotopic (exact) mass is 283 g/mol. The molecule has 0 aromatic heterocycles. The number of carboxylic acid groups (broad SMARTS) is 1. The highest BCUT2D eigenvalue weighted by Crippen LogP contribution is 2.29. The maximum atomic E-state index is 11.3. The van der Waals surface area contributed by atoms with Crippen molar-refractivity contribution in [1.29, 1.82) is 0 Å². The molecule has 0 saturated carbocycles. The van der Waals surface area contributed by atoms with Crippen molar-refractivity contribution in [3.63, 3.8) is 0 Å². The molecule has 118 valence electrons. The Kier molecular flexibility index (Phi) is 8.20. The van der Waals surface area contributed by atoms with Crippen LogP contribution in [0.2, 0.25) is 0 Å². The molecule has 20 heavy (non-hydrogen) atoms. The SMILES string of the molecule is CCCCCCCCCCN1CCCC(C)(C(=O)O)C1. The zero-order valence-corrected chi connectivity index (χ0v) is 13.5. The van der Waals surface area contributed by atoms with Crippen LogP contribution in [0, 0.1) is 5.41 Å². The van der Waals surface area contributed by atoms with Gasteiger partial charge in [0.2, 0.25) is 0 Å². The van der Waals surface area contributed by atoms with Gasteiger partial charge in [-0.2, -0.15) is 0 Å². The molecule has 1 aliphatic heterocycles. The van der Waals surface area contributed by atoms with Gasteiger partial charge in [0.15, 0.2) is 0 Å². The second-order valence-electron chi connectivity index (χ2n) is 6.72. The van der Waals surface area contributed by atoms with Gasteiger partial charge >= 0.3 is 5.97 Å². The van der Waals surface area contributed by atoms with Crippen LogP contribution in [0.25, 0.3) is 0 Å². The molecule has 0 aromatic carbocycles. The molecule has 0 aliphatic carbocycles. The van der Waals surface area contributed by atoms with Gasteiger partial charge in [-0.3, -0.25) is 4.79 Å². The molecule has 0 radical (unpaired) electrons. The molecular weight excluding hydrogens is 250 g/mol. The summed E-state index contributed by atoms with van der Waals surface area (Å²) in [4.78, 5) is 13.7. The van der Waals surface area contributed by atoms with Gasteiger partial charge in [0, 0.05) is 6.54 Å². The lowest BCUT2D eigenvalue weighted by Gasteiger charge is -2.37. The molecule has 3 nitrogen and oxygen atoms in total. The molecule has 1 atom stereocenters. The lowest BCUT2D eigenvalue weighted by atomic mass is 9.82. The van der Waals surface area contributed by atoms with Crippen molar-refractivity contribution in [2.75, 3.05) is 19.6 Å². The van der Waals surface area contributed by atoms with Crippen molar-refractivity contribution in [3.05, 3.63) is 0 Å². The zero-order chi connectivity index (χ0) is 14.8. The van der Waals surface area contributed by atoms with E-state index in [1.807, 2.05) is 6.92 Å². The Labute approximate surface area is 124 Å². The minimum Gasteiger partial charge on any atom is -0.481 e. The highest BCUT2D eigenvalue weighted by molar-refractivity contribution is 5.74. The minimum atomic E-state index is -0.627. The van der Waals surface area contributed by atoms with E-state index in [0.29, 0.717) is 0 Å². The fourth-order valence-electron chi connectivity index (χ4n) is 3.18. The van der Waals surface area contributed by atoms with E-state index in [0.717, 1.165) is 32.5 Å². The first-order valence-electron chi connectivity index (χ1n) is 8.54. The van der Waals surface area contributed by atoms with E-state index in [9.17, 15) is 9.90 Å². The van der Waals surface area contributed by atoms with Gasteiger partial charge in [0.1, 0.15) is 0 Å². The van der Waals surface area contributed by atoms with Crippen molar-refractivity contribution < 1.29 is 9.90 Å². The zero-order valence-electron chi connectivity index (χ0n) is 13.5. The molecule has 1 unspecified atom stereocenters. The van der Waals surface area contributed by atoms with Crippen molar-refractivity contribution in [2.24, 2.45) is 5.41 Å². The molecule has 1 fully saturated rings. The number of hydrogen-bond donors (Lipinski definition) is 1. The number of unbranched alkanes of at least 4 members (excludes halogenated alkanes) is 7. The van der Waals surface area contributed by atoms with Crippen molar-refractivity contribution in [1.82, 2.24) is 4.90 Å². The van der Waals surface area contributed by atoms with E-state index in [1.54, 1.807) is 0 Å². The number of carboxylic acids is 1. The Hall–Kier alpha value is -0.570. The molecule has 0 amide bonds. The van der Waals surface area contributed by atoms with Gasteiger partial charge in [-0.25, -0.2) is 0 Å². The maximum absolute atomic E-state index is 11.3. The van der Waals surface area contributed by atoms with E-state index in [-0.39, 0.29) is 0 Å². The largest absolute Gasteiger partial charge is 0.481 e. The van der Waals surface area contributed by atoms with Crippen LogP contribution in [0.5, 0.6) is 0 Å².